The fraction of sp³-hybridized carbons (Fsp3) is 0.842. The molecular weight excluding hydrogens is 340 g/mol. The number of hydrogen-bond donors (Lipinski definition) is 1. The predicted octanol–water partition coefficient (Wildman–Crippen LogP) is 3.71. The monoisotopic (exact) mass is 368 g/mol. The summed E-state index contributed by atoms with van der Waals surface area (Å²) in [6.07, 6.45) is 8.80. The van der Waals surface area contributed by atoms with Crippen LogP contribution in [0.25, 0.3) is 0 Å². The van der Waals surface area contributed by atoms with Crippen LogP contribution in [0.15, 0.2) is 11.6 Å². The molecule has 6 atom stereocenters. The van der Waals surface area contributed by atoms with Gasteiger partial charge in [-0.05, 0) is 79.6 Å². The van der Waals surface area contributed by atoms with Crippen molar-refractivity contribution < 1.29 is 21.9 Å². The first-order chi connectivity index (χ1) is 11.6. The quantitative estimate of drug-likeness (QED) is 0.752. The first-order valence-corrected chi connectivity index (χ1v) is 10.9. The zero-order chi connectivity index (χ0) is 18.0. The van der Waals surface area contributed by atoms with Gasteiger partial charge in [0.25, 0.3) is 0 Å². The Morgan fingerprint density at radius 2 is 1.84 bits per heavy atom. The van der Waals surface area contributed by atoms with Crippen molar-refractivity contribution >= 4 is 16.2 Å². The average Bonchev–Trinajstić information content (AvgIpc) is 2.83. The normalized spacial score (nSPS) is 46.8. The van der Waals surface area contributed by atoms with E-state index in [1.54, 1.807) is 0 Å². The zero-order valence-electron chi connectivity index (χ0n) is 15.0. The fourth-order valence-electron chi connectivity index (χ4n) is 6.82. The Balaban J connectivity index is 1.62. The van der Waals surface area contributed by atoms with Gasteiger partial charge in [0.1, 0.15) is 0 Å². The first kappa shape index (κ1) is 17.7. The van der Waals surface area contributed by atoms with Gasteiger partial charge < -0.3 is 0 Å². The van der Waals surface area contributed by atoms with Crippen LogP contribution in [0.3, 0.4) is 0 Å². The molecule has 0 bridgehead atoms. The third kappa shape index (κ3) is 2.72. The van der Waals surface area contributed by atoms with Gasteiger partial charge in [-0.25, -0.2) is 4.18 Å². The van der Waals surface area contributed by atoms with E-state index < -0.39 is 16.5 Å². The second-order valence-corrected chi connectivity index (χ2v) is 10.2. The van der Waals surface area contributed by atoms with Crippen molar-refractivity contribution in [3.05, 3.63) is 11.6 Å². The number of hydrogen-bond acceptors (Lipinski definition) is 4. The summed E-state index contributed by atoms with van der Waals surface area (Å²) in [6, 6.07) is 0. The molecule has 6 heteroatoms. The van der Waals surface area contributed by atoms with Crippen LogP contribution in [0.2, 0.25) is 0 Å². The van der Waals surface area contributed by atoms with Crippen molar-refractivity contribution in [2.75, 3.05) is 0 Å². The van der Waals surface area contributed by atoms with Gasteiger partial charge in [-0.3, -0.25) is 9.35 Å². The van der Waals surface area contributed by atoms with Crippen LogP contribution < -0.4 is 0 Å². The van der Waals surface area contributed by atoms with Crippen LogP contribution in [0.4, 0.5) is 0 Å². The van der Waals surface area contributed by atoms with E-state index in [2.05, 4.69) is 13.8 Å². The second-order valence-electron chi connectivity index (χ2n) is 9.10. The smallest absolute Gasteiger partial charge is 0.295 e. The molecule has 0 saturated heterocycles. The Labute approximate surface area is 150 Å². The van der Waals surface area contributed by atoms with Gasteiger partial charge in [-0.2, -0.15) is 8.42 Å². The summed E-state index contributed by atoms with van der Waals surface area (Å²) in [5.41, 5.74) is 1.29. The van der Waals surface area contributed by atoms with Gasteiger partial charge in [-0.1, -0.05) is 19.4 Å². The molecule has 25 heavy (non-hydrogen) atoms. The molecule has 3 fully saturated rings. The van der Waals surface area contributed by atoms with Gasteiger partial charge in [0.05, 0.1) is 6.10 Å². The van der Waals surface area contributed by atoms with E-state index in [0.717, 1.165) is 38.5 Å². The lowest BCUT2D eigenvalue weighted by atomic mass is 9.47. The minimum atomic E-state index is -4.41. The third-order valence-corrected chi connectivity index (χ3v) is 8.59. The Kier molecular flexibility index (Phi) is 3.99. The van der Waals surface area contributed by atoms with Crippen LogP contribution in [-0.2, 0) is 19.4 Å². The van der Waals surface area contributed by atoms with Crippen LogP contribution in [0.1, 0.15) is 65.2 Å². The number of fused-ring (bicyclic) bond motifs is 5. The Morgan fingerprint density at radius 3 is 2.56 bits per heavy atom. The molecule has 0 aromatic rings. The van der Waals surface area contributed by atoms with E-state index in [1.807, 2.05) is 6.08 Å². The van der Waals surface area contributed by atoms with Crippen molar-refractivity contribution in [1.29, 1.82) is 0 Å². The maximum Gasteiger partial charge on any atom is 0.397 e. The number of ketones is 1. The molecule has 4 aliphatic rings. The van der Waals surface area contributed by atoms with E-state index in [1.165, 1.54) is 5.57 Å². The maximum absolute atomic E-state index is 11.9. The van der Waals surface area contributed by atoms with Crippen LogP contribution in [-0.4, -0.2) is 24.9 Å². The summed E-state index contributed by atoms with van der Waals surface area (Å²) in [6.45, 7) is 4.49. The van der Waals surface area contributed by atoms with Gasteiger partial charge >= 0.3 is 10.4 Å². The van der Waals surface area contributed by atoms with Gasteiger partial charge in [-0.15, -0.1) is 0 Å². The number of rotatable bonds is 2. The summed E-state index contributed by atoms with van der Waals surface area (Å²) < 4.78 is 36.7. The Hall–Kier alpha value is -0.720. The van der Waals surface area contributed by atoms with Crippen LogP contribution >= 0.6 is 0 Å². The Morgan fingerprint density at radius 1 is 1.08 bits per heavy atom. The summed E-state index contributed by atoms with van der Waals surface area (Å²) in [4.78, 5) is 11.9. The van der Waals surface area contributed by atoms with E-state index in [4.69, 9.17) is 8.74 Å². The molecule has 0 radical (unpaired) electrons. The number of carbonyl (C=O) groups excluding carboxylic acids is 1. The topological polar surface area (TPSA) is 80.7 Å². The molecule has 6 unspecified atom stereocenters. The average molecular weight is 368 g/mol. The minimum absolute atomic E-state index is 0.125. The molecule has 0 aromatic heterocycles. The SMILES string of the molecule is CC12CCC(=O)C=C1CCC1C2CCC2(C)C(OS(=O)(=O)O)CCC12. The summed E-state index contributed by atoms with van der Waals surface area (Å²) in [7, 11) is -4.41. The molecule has 0 aliphatic heterocycles. The van der Waals surface area contributed by atoms with Crippen molar-refractivity contribution in [3.63, 3.8) is 0 Å². The van der Waals surface area contributed by atoms with Crippen LogP contribution in [0, 0.1) is 28.6 Å². The highest BCUT2D eigenvalue weighted by Crippen LogP contribution is 2.65. The molecule has 0 amide bonds. The van der Waals surface area contributed by atoms with Crippen molar-refractivity contribution in [2.24, 2.45) is 28.6 Å². The highest BCUT2D eigenvalue weighted by atomic mass is 32.3. The molecule has 1 N–H and O–H groups in total. The summed E-state index contributed by atoms with van der Waals surface area (Å²) in [5.74, 6) is 1.84. The van der Waals surface area contributed by atoms with Crippen LogP contribution in [0.5, 0.6) is 0 Å². The molecule has 5 nitrogen and oxygen atoms in total. The lowest BCUT2D eigenvalue weighted by Crippen LogP contribution is -2.51. The molecule has 4 aliphatic carbocycles. The van der Waals surface area contributed by atoms with Crippen molar-refractivity contribution in [3.8, 4) is 0 Å². The highest BCUT2D eigenvalue weighted by Gasteiger charge is 2.59. The van der Waals surface area contributed by atoms with E-state index >= 15 is 0 Å². The third-order valence-electron chi connectivity index (χ3n) is 8.11. The number of carbonyl (C=O) groups is 1. The molecule has 3 saturated carbocycles. The molecule has 4 rings (SSSR count). The fourth-order valence-corrected chi connectivity index (χ4v) is 7.43. The molecular formula is C19H28O5S. The molecule has 0 spiro atoms. The lowest BCUT2D eigenvalue weighted by Gasteiger charge is -2.57. The lowest BCUT2D eigenvalue weighted by molar-refractivity contribution is -0.117. The first-order valence-electron chi connectivity index (χ1n) is 9.53. The molecule has 0 aromatic carbocycles. The van der Waals surface area contributed by atoms with E-state index in [-0.39, 0.29) is 16.6 Å². The van der Waals surface area contributed by atoms with E-state index in [9.17, 15) is 13.2 Å². The summed E-state index contributed by atoms with van der Waals surface area (Å²) in [5, 5.41) is 0. The van der Waals surface area contributed by atoms with Gasteiger partial charge in [0.15, 0.2) is 5.78 Å². The molecule has 140 valence electrons. The standard InChI is InChI=1S/C19H28O5S/c1-18-9-7-13(20)11-12(18)3-4-14-15-5-6-17(24-25(21,22)23)19(15,2)10-8-16(14)18/h11,14-17H,3-10H2,1-2H3,(H,21,22,23). The highest BCUT2D eigenvalue weighted by molar-refractivity contribution is 7.80. The largest absolute Gasteiger partial charge is 0.397 e. The molecule has 0 heterocycles. The second kappa shape index (κ2) is 5.64. The minimum Gasteiger partial charge on any atom is -0.295 e. The van der Waals surface area contributed by atoms with Crippen molar-refractivity contribution in [2.45, 2.75) is 71.3 Å². The maximum atomic E-state index is 11.9. The van der Waals surface area contributed by atoms with Gasteiger partial charge in [0.2, 0.25) is 0 Å². The van der Waals surface area contributed by atoms with Gasteiger partial charge in [0, 0.05) is 6.42 Å². The predicted molar refractivity (Wildman–Crippen MR) is 93.1 cm³/mol. The summed E-state index contributed by atoms with van der Waals surface area (Å²) >= 11 is 0. The van der Waals surface area contributed by atoms with E-state index in [0.29, 0.717) is 30.6 Å². The van der Waals surface area contributed by atoms with Crippen molar-refractivity contribution in [1.82, 2.24) is 0 Å². The zero-order valence-corrected chi connectivity index (χ0v) is 15.8. The Bertz CT molecular complexity index is 726. The number of allylic oxidation sites excluding steroid dienone is 1.